The lowest BCUT2D eigenvalue weighted by atomic mass is 10.0. The third kappa shape index (κ3) is 5.41. The van der Waals surface area contributed by atoms with Crippen molar-refractivity contribution in [3.63, 3.8) is 0 Å². The first-order valence-electron chi connectivity index (χ1n) is 11.7. The van der Waals surface area contributed by atoms with Gasteiger partial charge in [0.1, 0.15) is 11.4 Å². The molecule has 1 amide bonds. The van der Waals surface area contributed by atoms with Crippen molar-refractivity contribution in [2.45, 2.75) is 12.5 Å². The van der Waals surface area contributed by atoms with Crippen molar-refractivity contribution in [2.75, 3.05) is 6.61 Å². The summed E-state index contributed by atoms with van der Waals surface area (Å²) in [5.41, 5.74) is 5.10. The number of benzene rings is 3. The molecule has 182 valence electrons. The summed E-state index contributed by atoms with van der Waals surface area (Å²) in [4.78, 5) is 30.5. The highest BCUT2D eigenvalue weighted by atomic mass is 16.5. The number of hydrogen-bond acceptors (Lipinski definition) is 6. The van der Waals surface area contributed by atoms with Crippen molar-refractivity contribution >= 4 is 17.0 Å². The first-order chi connectivity index (χ1) is 18.1. The molecule has 3 heterocycles. The number of hydrogen-bond donors (Lipinski definition) is 2. The van der Waals surface area contributed by atoms with Gasteiger partial charge >= 0.3 is 5.76 Å². The van der Waals surface area contributed by atoms with E-state index in [0.717, 1.165) is 11.3 Å². The van der Waals surface area contributed by atoms with Crippen LogP contribution in [-0.2, 0) is 0 Å². The van der Waals surface area contributed by atoms with Crippen LogP contribution < -0.4 is 15.8 Å². The van der Waals surface area contributed by atoms with E-state index in [1.54, 1.807) is 30.5 Å². The number of carbonyl (C=O) groups excluding carboxylic acids is 1. The number of aromatic amines is 1. The lowest BCUT2D eigenvalue weighted by Gasteiger charge is -2.25. The van der Waals surface area contributed by atoms with E-state index in [1.807, 2.05) is 48.5 Å². The summed E-state index contributed by atoms with van der Waals surface area (Å²) in [6.07, 6.45) is 2.33. The van der Waals surface area contributed by atoms with Gasteiger partial charge in [-0.15, -0.1) is 0 Å². The Labute approximate surface area is 212 Å². The molecule has 0 bridgehead atoms. The molecule has 0 saturated heterocycles. The third-order valence-electron chi connectivity index (χ3n) is 5.90. The van der Waals surface area contributed by atoms with Gasteiger partial charge in [0.25, 0.3) is 5.91 Å². The fourth-order valence-electron chi connectivity index (χ4n) is 4.05. The molecular formula is C29H22N4O4. The number of amides is 1. The molecule has 0 spiro atoms. The van der Waals surface area contributed by atoms with Crippen LogP contribution in [0.3, 0.4) is 0 Å². The average Bonchev–Trinajstić information content (AvgIpc) is 3.33. The van der Waals surface area contributed by atoms with Crippen molar-refractivity contribution in [1.29, 1.82) is 5.26 Å². The Morgan fingerprint density at radius 2 is 1.78 bits per heavy atom. The summed E-state index contributed by atoms with van der Waals surface area (Å²) < 4.78 is 10.5. The van der Waals surface area contributed by atoms with Gasteiger partial charge in [-0.05, 0) is 53.6 Å². The largest absolute Gasteiger partial charge is 0.491 e. The maximum absolute atomic E-state index is 12.5. The van der Waals surface area contributed by atoms with Gasteiger partial charge in [-0.25, -0.2) is 4.79 Å². The number of pyridine rings is 1. The molecule has 0 radical (unpaired) electrons. The SMILES string of the molecule is N#Cc1ccc(-c2ccccc2)cc1.O=C(NC1CCOc2cccnc21)c1ccc2oc(=O)[nH]c2c1. The molecule has 5 aromatic rings. The smallest absolute Gasteiger partial charge is 0.417 e. The first-order valence-corrected chi connectivity index (χ1v) is 11.7. The van der Waals surface area contributed by atoms with Gasteiger partial charge in [-0.3, -0.25) is 14.8 Å². The van der Waals surface area contributed by atoms with Crippen molar-refractivity contribution < 1.29 is 13.9 Å². The maximum atomic E-state index is 12.5. The Morgan fingerprint density at radius 1 is 1.00 bits per heavy atom. The van der Waals surface area contributed by atoms with Gasteiger partial charge in [-0.1, -0.05) is 42.5 Å². The topological polar surface area (TPSA) is 121 Å². The van der Waals surface area contributed by atoms with E-state index >= 15 is 0 Å². The van der Waals surface area contributed by atoms with Crippen LogP contribution in [0.25, 0.3) is 22.2 Å². The molecule has 0 saturated carbocycles. The first kappa shape index (κ1) is 23.6. The Bertz CT molecular complexity index is 1630. The molecule has 1 atom stereocenters. The number of rotatable bonds is 3. The number of H-pyrrole nitrogens is 1. The van der Waals surface area contributed by atoms with E-state index in [9.17, 15) is 9.59 Å². The van der Waals surface area contributed by atoms with E-state index in [1.165, 1.54) is 5.56 Å². The van der Waals surface area contributed by atoms with Crippen molar-refractivity contribution in [3.8, 4) is 22.9 Å². The monoisotopic (exact) mass is 490 g/mol. The van der Waals surface area contributed by atoms with Crippen molar-refractivity contribution in [2.24, 2.45) is 0 Å². The zero-order valence-corrected chi connectivity index (χ0v) is 19.7. The molecular weight excluding hydrogens is 468 g/mol. The minimum Gasteiger partial charge on any atom is -0.491 e. The summed E-state index contributed by atoms with van der Waals surface area (Å²) in [6.45, 7) is 0.526. The molecule has 8 nitrogen and oxygen atoms in total. The zero-order chi connectivity index (χ0) is 25.6. The van der Waals surface area contributed by atoms with E-state index < -0.39 is 5.76 Å². The highest BCUT2D eigenvalue weighted by Crippen LogP contribution is 2.29. The Hall–Kier alpha value is -5.16. The summed E-state index contributed by atoms with van der Waals surface area (Å²) in [5.74, 6) is -0.0868. The predicted molar refractivity (Wildman–Crippen MR) is 138 cm³/mol. The van der Waals surface area contributed by atoms with E-state index in [2.05, 4.69) is 33.5 Å². The minimum absolute atomic E-state index is 0.202. The summed E-state index contributed by atoms with van der Waals surface area (Å²) in [6, 6.07) is 28.1. The number of ether oxygens (including phenoxy) is 1. The van der Waals surface area contributed by atoms with Gasteiger partial charge in [0.2, 0.25) is 0 Å². The molecule has 1 unspecified atom stereocenters. The number of nitrogens with one attached hydrogen (secondary N) is 2. The zero-order valence-electron chi connectivity index (χ0n) is 19.7. The fraction of sp³-hybridized carbons (Fsp3) is 0.103. The molecule has 2 aromatic heterocycles. The second-order valence-corrected chi connectivity index (χ2v) is 8.33. The number of nitrogens with zero attached hydrogens (tertiary/aromatic N) is 2. The van der Waals surface area contributed by atoms with E-state index in [-0.39, 0.29) is 11.9 Å². The number of fused-ring (bicyclic) bond motifs is 2. The fourth-order valence-corrected chi connectivity index (χ4v) is 4.05. The van der Waals surface area contributed by atoms with Crippen LogP contribution in [-0.4, -0.2) is 22.5 Å². The van der Waals surface area contributed by atoms with Gasteiger partial charge in [0.05, 0.1) is 29.8 Å². The van der Waals surface area contributed by atoms with E-state index in [4.69, 9.17) is 14.4 Å². The molecule has 6 rings (SSSR count). The molecule has 0 fully saturated rings. The highest BCUT2D eigenvalue weighted by molar-refractivity contribution is 5.97. The maximum Gasteiger partial charge on any atom is 0.417 e. The number of aromatic nitrogens is 2. The van der Waals surface area contributed by atoms with Crippen LogP contribution in [0, 0.1) is 11.3 Å². The van der Waals surface area contributed by atoms with Crippen LogP contribution in [0.15, 0.2) is 100 Å². The molecule has 0 aliphatic carbocycles. The van der Waals surface area contributed by atoms with Gasteiger partial charge in [0.15, 0.2) is 5.58 Å². The molecule has 37 heavy (non-hydrogen) atoms. The summed E-state index contributed by atoms with van der Waals surface area (Å²) >= 11 is 0. The average molecular weight is 491 g/mol. The summed E-state index contributed by atoms with van der Waals surface area (Å²) in [5, 5.41) is 11.6. The Balaban J connectivity index is 0.000000171. The van der Waals surface area contributed by atoms with E-state index in [0.29, 0.717) is 41.0 Å². The summed E-state index contributed by atoms with van der Waals surface area (Å²) in [7, 11) is 0. The van der Waals surface area contributed by atoms with Crippen LogP contribution >= 0.6 is 0 Å². The van der Waals surface area contributed by atoms with Crippen LogP contribution in [0.1, 0.15) is 34.1 Å². The highest BCUT2D eigenvalue weighted by Gasteiger charge is 2.24. The van der Waals surface area contributed by atoms with Crippen molar-refractivity contribution in [3.05, 3.63) is 118 Å². The van der Waals surface area contributed by atoms with Crippen LogP contribution in [0.5, 0.6) is 5.75 Å². The molecule has 8 heteroatoms. The van der Waals surface area contributed by atoms with Crippen LogP contribution in [0.2, 0.25) is 0 Å². The lowest BCUT2D eigenvalue weighted by molar-refractivity contribution is 0.0923. The van der Waals surface area contributed by atoms with Crippen molar-refractivity contribution in [1.82, 2.24) is 15.3 Å². The number of carbonyl (C=O) groups is 1. The van der Waals surface area contributed by atoms with Gasteiger partial charge in [-0.2, -0.15) is 5.26 Å². The molecule has 3 aromatic carbocycles. The Kier molecular flexibility index (Phi) is 6.77. The van der Waals surface area contributed by atoms with Crippen LogP contribution in [0.4, 0.5) is 0 Å². The quantitative estimate of drug-likeness (QED) is 0.367. The number of oxazole rings is 1. The standard InChI is InChI=1S/C16H13N3O4.C13H9N/c20-15(9-3-4-12-11(8-9)19-16(21)23-12)18-10-5-7-22-13-2-1-6-17-14(10)13;14-10-11-6-8-13(9-7-11)12-4-2-1-3-5-12/h1-4,6,8,10H,5,7H2,(H,18,20)(H,19,21);1-9H. The second kappa shape index (κ2) is 10.6. The molecule has 1 aliphatic heterocycles. The second-order valence-electron chi connectivity index (χ2n) is 8.33. The molecule has 2 N–H and O–H groups in total. The third-order valence-corrected chi connectivity index (χ3v) is 5.90. The minimum atomic E-state index is -0.542. The lowest BCUT2D eigenvalue weighted by Crippen LogP contribution is -2.32. The molecule has 1 aliphatic rings. The van der Waals surface area contributed by atoms with Gasteiger partial charge in [0, 0.05) is 18.2 Å². The number of nitriles is 1. The predicted octanol–water partition coefficient (Wildman–Crippen LogP) is 4.99. The van der Waals surface area contributed by atoms with Gasteiger partial charge < -0.3 is 14.5 Å². The Morgan fingerprint density at radius 3 is 2.57 bits per heavy atom. The normalized spacial score (nSPS) is 13.9.